The zero-order valence-corrected chi connectivity index (χ0v) is 31.3. The molecule has 270 valence electrons. The third-order valence-corrected chi connectivity index (χ3v) is 11.5. The summed E-state index contributed by atoms with van der Waals surface area (Å²) in [5.74, 6) is 1.94. The van der Waals surface area contributed by atoms with Crippen LogP contribution in [0.25, 0.3) is 111 Å². The molecule has 5 heteroatoms. The predicted molar refractivity (Wildman–Crippen MR) is 240 cm³/mol. The fourth-order valence-electron chi connectivity index (χ4n) is 8.92. The molecule has 0 aliphatic rings. The first-order chi connectivity index (χ1) is 28.8. The van der Waals surface area contributed by atoms with Gasteiger partial charge in [-0.25, -0.2) is 15.0 Å². The van der Waals surface area contributed by atoms with E-state index in [4.69, 9.17) is 15.0 Å². The Kier molecular flexibility index (Phi) is 7.16. The molecule has 9 aromatic carbocycles. The molecule has 3 aromatic heterocycles. The van der Waals surface area contributed by atoms with Gasteiger partial charge in [0.1, 0.15) is 0 Å². The van der Waals surface area contributed by atoms with Gasteiger partial charge in [-0.1, -0.05) is 152 Å². The average Bonchev–Trinajstić information content (AvgIpc) is 3.80. The minimum Gasteiger partial charge on any atom is -0.309 e. The highest BCUT2D eigenvalue weighted by Crippen LogP contribution is 2.40. The number of fused-ring (bicyclic) bond motifs is 8. The Morgan fingerprint density at radius 2 is 0.776 bits per heavy atom. The van der Waals surface area contributed by atoms with Crippen LogP contribution in [0, 0.1) is 0 Å². The highest BCUT2D eigenvalue weighted by Gasteiger charge is 2.20. The molecule has 0 amide bonds. The number of rotatable bonds is 5. The topological polar surface area (TPSA) is 48.5 Å². The molecule has 12 rings (SSSR count). The van der Waals surface area contributed by atoms with E-state index in [1.54, 1.807) is 0 Å². The molecule has 0 bridgehead atoms. The third kappa shape index (κ3) is 5.00. The lowest BCUT2D eigenvalue weighted by Gasteiger charge is -2.13. The lowest BCUT2D eigenvalue weighted by Crippen LogP contribution is -2.01. The maximum absolute atomic E-state index is 5.20. The molecule has 0 atom stereocenters. The molecule has 0 saturated heterocycles. The maximum atomic E-state index is 5.20. The van der Waals surface area contributed by atoms with Gasteiger partial charge in [-0.2, -0.15) is 0 Å². The fourth-order valence-corrected chi connectivity index (χ4v) is 8.92. The first-order valence-corrected chi connectivity index (χ1v) is 19.6. The van der Waals surface area contributed by atoms with Crippen molar-refractivity contribution >= 4 is 65.2 Å². The number of nitrogens with zero attached hydrogens (tertiary/aromatic N) is 5. The van der Waals surface area contributed by atoms with Crippen molar-refractivity contribution in [1.82, 2.24) is 24.1 Å². The first kappa shape index (κ1) is 32.4. The molecule has 0 aliphatic heterocycles. The monoisotopic (exact) mass is 739 g/mol. The van der Waals surface area contributed by atoms with Gasteiger partial charge in [0.2, 0.25) is 0 Å². The Morgan fingerprint density at radius 1 is 0.276 bits per heavy atom. The van der Waals surface area contributed by atoms with Crippen LogP contribution in [0.5, 0.6) is 0 Å². The third-order valence-electron chi connectivity index (χ3n) is 11.5. The van der Waals surface area contributed by atoms with Crippen LogP contribution in [-0.4, -0.2) is 24.1 Å². The highest BCUT2D eigenvalue weighted by molar-refractivity contribution is 6.19. The molecule has 0 N–H and O–H groups in total. The van der Waals surface area contributed by atoms with Crippen LogP contribution in [0.15, 0.2) is 200 Å². The molecule has 3 heterocycles. The lowest BCUT2D eigenvalue weighted by molar-refractivity contribution is 1.08. The van der Waals surface area contributed by atoms with E-state index in [9.17, 15) is 0 Å². The van der Waals surface area contributed by atoms with Crippen molar-refractivity contribution < 1.29 is 0 Å². The SMILES string of the molecule is c1ccc(-c2nc(-c3cccc4ccccc34)nc(-c3cccc4cc(-n5c6ccccc6c6cc7c8ccccc8n(-c8ccccc8)c7cc65)ccc34)n2)cc1. The Morgan fingerprint density at radius 3 is 1.45 bits per heavy atom. The number of benzene rings is 9. The molecule has 5 nitrogen and oxygen atoms in total. The van der Waals surface area contributed by atoms with Crippen molar-refractivity contribution in [2.75, 3.05) is 0 Å². The Bertz CT molecular complexity index is 3560. The van der Waals surface area contributed by atoms with Crippen molar-refractivity contribution in [2.45, 2.75) is 0 Å². The molecule has 0 saturated carbocycles. The summed E-state index contributed by atoms with van der Waals surface area (Å²) in [5, 5.41) is 9.38. The maximum Gasteiger partial charge on any atom is 0.164 e. The summed E-state index contributed by atoms with van der Waals surface area (Å²) >= 11 is 0. The van der Waals surface area contributed by atoms with Crippen molar-refractivity contribution in [3.05, 3.63) is 200 Å². The van der Waals surface area contributed by atoms with Gasteiger partial charge < -0.3 is 9.13 Å². The van der Waals surface area contributed by atoms with Crippen LogP contribution in [-0.2, 0) is 0 Å². The Balaban J connectivity index is 1.07. The van der Waals surface area contributed by atoms with E-state index in [2.05, 4.69) is 191 Å². The second-order valence-corrected chi connectivity index (χ2v) is 14.8. The molecule has 0 fully saturated rings. The highest BCUT2D eigenvalue weighted by atomic mass is 15.0. The second-order valence-electron chi connectivity index (χ2n) is 14.8. The van der Waals surface area contributed by atoms with E-state index in [0.29, 0.717) is 17.5 Å². The minimum absolute atomic E-state index is 0.642. The normalized spacial score (nSPS) is 11.8. The molecular formula is C53H33N5. The van der Waals surface area contributed by atoms with E-state index in [-0.39, 0.29) is 0 Å². The van der Waals surface area contributed by atoms with Crippen LogP contribution in [0.4, 0.5) is 0 Å². The number of para-hydroxylation sites is 3. The van der Waals surface area contributed by atoms with Crippen molar-refractivity contribution in [1.29, 1.82) is 0 Å². The second kappa shape index (κ2) is 12.8. The molecule has 0 aliphatic carbocycles. The predicted octanol–water partition coefficient (Wildman–Crippen LogP) is 13.4. The summed E-state index contributed by atoms with van der Waals surface area (Å²) in [6.45, 7) is 0. The minimum atomic E-state index is 0.642. The van der Waals surface area contributed by atoms with Crippen LogP contribution >= 0.6 is 0 Å². The zero-order valence-electron chi connectivity index (χ0n) is 31.3. The molecular weight excluding hydrogens is 707 g/mol. The summed E-state index contributed by atoms with van der Waals surface area (Å²) in [5.41, 5.74) is 9.83. The van der Waals surface area contributed by atoms with Gasteiger partial charge in [-0.3, -0.25) is 0 Å². The fraction of sp³-hybridized carbons (Fsp3) is 0. The summed E-state index contributed by atoms with van der Waals surface area (Å²) in [6, 6.07) is 71.0. The van der Waals surface area contributed by atoms with E-state index >= 15 is 0 Å². The summed E-state index contributed by atoms with van der Waals surface area (Å²) in [7, 11) is 0. The summed E-state index contributed by atoms with van der Waals surface area (Å²) in [4.78, 5) is 15.4. The van der Waals surface area contributed by atoms with Crippen LogP contribution < -0.4 is 0 Å². The standard InChI is InChI=1S/C53H33N5/c1-3-16-35(17-4-1)51-54-52(43-25-13-18-34-15-7-8-22-39(34)43)56-53(55-51)44-26-14-19-36-31-38(29-30-40(36)44)58-48-28-12-10-24-42(48)46-32-45-41-23-9-11-27-47(41)57(49(45)33-50(46)58)37-20-5-2-6-21-37/h1-33H. The average molecular weight is 740 g/mol. The van der Waals surface area contributed by atoms with Crippen molar-refractivity contribution in [3.63, 3.8) is 0 Å². The molecule has 0 spiro atoms. The van der Waals surface area contributed by atoms with Gasteiger partial charge >= 0.3 is 0 Å². The smallest absolute Gasteiger partial charge is 0.164 e. The largest absolute Gasteiger partial charge is 0.309 e. The van der Waals surface area contributed by atoms with Crippen LogP contribution in [0.2, 0.25) is 0 Å². The van der Waals surface area contributed by atoms with Gasteiger partial charge in [0.15, 0.2) is 17.5 Å². The molecule has 0 radical (unpaired) electrons. The van der Waals surface area contributed by atoms with Crippen molar-refractivity contribution in [3.8, 4) is 45.5 Å². The molecule has 0 unspecified atom stereocenters. The number of hydrogen-bond acceptors (Lipinski definition) is 3. The Labute approximate surface area is 333 Å². The molecule has 12 aromatic rings. The van der Waals surface area contributed by atoms with Crippen LogP contribution in [0.3, 0.4) is 0 Å². The Hall–Kier alpha value is -7.89. The van der Waals surface area contributed by atoms with E-state index in [1.807, 2.05) is 18.2 Å². The van der Waals surface area contributed by atoms with E-state index in [1.165, 1.54) is 38.1 Å². The lowest BCUT2D eigenvalue weighted by atomic mass is 10.0. The van der Waals surface area contributed by atoms with E-state index < -0.39 is 0 Å². The van der Waals surface area contributed by atoms with Gasteiger partial charge in [-0.05, 0) is 70.1 Å². The quantitative estimate of drug-likeness (QED) is 0.177. The van der Waals surface area contributed by atoms with E-state index in [0.717, 1.165) is 55.1 Å². The zero-order chi connectivity index (χ0) is 38.2. The van der Waals surface area contributed by atoms with Crippen LogP contribution in [0.1, 0.15) is 0 Å². The van der Waals surface area contributed by atoms with Crippen molar-refractivity contribution in [2.24, 2.45) is 0 Å². The number of hydrogen-bond donors (Lipinski definition) is 0. The van der Waals surface area contributed by atoms with Gasteiger partial charge in [0.25, 0.3) is 0 Å². The summed E-state index contributed by atoms with van der Waals surface area (Å²) in [6.07, 6.45) is 0. The first-order valence-electron chi connectivity index (χ1n) is 19.6. The van der Waals surface area contributed by atoms with Gasteiger partial charge in [0.05, 0.1) is 22.1 Å². The molecule has 58 heavy (non-hydrogen) atoms. The van der Waals surface area contributed by atoms with Gasteiger partial charge in [0, 0.05) is 49.6 Å². The number of aromatic nitrogens is 5. The summed E-state index contributed by atoms with van der Waals surface area (Å²) < 4.78 is 4.81. The van der Waals surface area contributed by atoms with Gasteiger partial charge in [-0.15, -0.1) is 0 Å².